The van der Waals surface area contributed by atoms with Crippen LogP contribution >= 0.6 is 0 Å². The van der Waals surface area contributed by atoms with Gasteiger partial charge >= 0.3 is 0 Å². The summed E-state index contributed by atoms with van der Waals surface area (Å²) < 4.78 is 10.9. The quantitative estimate of drug-likeness (QED) is 0.206. The molecule has 10 aromatic rings. The Morgan fingerprint density at radius 1 is 0.356 bits per heavy atom. The first-order chi connectivity index (χ1) is 22.3. The fourth-order valence-corrected chi connectivity index (χ4v) is 7.36. The van der Waals surface area contributed by atoms with Crippen LogP contribution in [0.25, 0.3) is 88.1 Å². The highest BCUT2D eigenvalue weighted by Gasteiger charge is 2.20. The predicted octanol–water partition coefficient (Wildman–Crippen LogP) is 11.4. The second-order valence-electron chi connectivity index (χ2n) is 11.8. The van der Waals surface area contributed by atoms with Crippen LogP contribution in [0.4, 0.5) is 0 Å². The van der Waals surface area contributed by atoms with Crippen LogP contribution in [0.2, 0.25) is 0 Å². The summed E-state index contributed by atoms with van der Waals surface area (Å²) in [5.41, 5.74) is 11.4. The predicted molar refractivity (Wildman–Crippen MR) is 188 cm³/mol. The molecule has 0 aliphatic carbocycles. The first-order valence-electron chi connectivity index (χ1n) is 15.4. The molecule has 0 unspecified atom stereocenters. The van der Waals surface area contributed by atoms with Gasteiger partial charge in [-0.3, -0.25) is 0 Å². The van der Waals surface area contributed by atoms with Gasteiger partial charge in [-0.2, -0.15) is 0 Å². The number of para-hydroxylation sites is 4. The van der Waals surface area contributed by atoms with Gasteiger partial charge in [0.1, 0.15) is 11.2 Å². The minimum absolute atomic E-state index is 0.917. The Balaban J connectivity index is 1.25. The summed E-state index contributed by atoms with van der Waals surface area (Å²) >= 11 is 0. The second kappa shape index (κ2) is 9.22. The third-order valence-corrected chi connectivity index (χ3v) is 9.31. The molecule has 3 heterocycles. The van der Waals surface area contributed by atoms with Crippen molar-refractivity contribution in [1.29, 1.82) is 0 Å². The van der Waals surface area contributed by atoms with Gasteiger partial charge in [0.2, 0.25) is 0 Å². The summed E-state index contributed by atoms with van der Waals surface area (Å²) in [6.45, 7) is 0. The molecule has 45 heavy (non-hydrogen) atoms. The van der Waals surface area contributed by atoms with Gasteiger partial charge in [0.15, 0.2) is 0 Å². The topological polar surface area (TPSA) is 23.0 Å². The Bertz CT molecular complexity index is 2760. The molecule has 3 nitrogen and oxygen atoms in total. The average molecular weight is 575 g/mol. The van der Waals surface area contributed by atoms with Crippen LogP contribution in [0.3, 0.4) is 0 Å². The van der Waals surface area contributed by atoms with Crippen LogP contribution in [-0.4, -0.2) is 9.13 Å². The number of rotatable bonds is 3. The zero-order valence-corrected chi connectivity index (χ0v) is 24.3. The zero-order valence-electron chi connectivity index (χ0n) is 24.3. The number of hydrogen-bond acceptors (Lipinski definition) is 1. The maximum Gasteiger partial charge on any atom is 0.135 e. The number of furan rings is 1. The molecule has 0 atom stereocenters. The van der Waals surface area contributed by atoms with Crippen molar-refractivity contribution in [3.63, 3.8) is 0 Å². The molecule has 10 rings (SSSR count). The smallest absolute Gasteiger partial charge is 0.135 e. The van der Waals surface area contributed by atoms with E-state index >= 15 is 0 Å². The van der Waals surface area contributed by atoms with E-state index in [0.29, 0.717) is 0 Å². The standard InChI is InChI=1S/C42H26N2O/c1-2-11-29(12-3-1)43-36-17-8-5-15-32(36)42-38(43)18-10-19-39(42)44-35-16-7-4-13-30(35)33-25-27(21-23-37(33)44)28-22-24-41-34(26-28)31-14-6-9-20-40(31)45-41/h1-26H. The monoisotopic (exact) mass is 574 g/mol. The number of benzene rings is 7. The van der Waals surface area contributed by atoms with Gasteiger partial charge in [0.25, 0.3) is 0 Å². The van der Waals surface area contributed by atoms with Crippen molar-refractivity contribution in [3.8, 4) is 22.5 Å². The summed E-state index contributed by atoms with van der Waals surface area (Å²) in [7, 11) is 0. The van der Waals surface area contributed by atoms with E-state index in [1.807, 2.05) is 12.1 Å². The first kappa shape index (κ1) is 24.4. The highest BCUT2D eigenvalue weighted by molar-refractivity contribution is 6.17. The van der Waals surface area contributed by atoms with Crippen LogP contribution in [-0.2, 0) is 0 Å². The van der Waals surface area contributed by atoms with E-state index in [2.05, 4.69) is 155 Å². The molecule has 0 aliphatic rings. The number of hydrogen-bond donors (Lipinski definition) is 0. The van der Waals surface area contributed by atoms with Crippen molar-refractivity contribution in [2.24, 2.45) is 0 Å². The van der Waals surface area contributed by atoms with E-state index in [1.165, 1.54) is 60.4 Å². The normalized spacial score (nSPS) is 12.0. The van der Waals surface area contributed by atoms with Crippen molar-refractivity contribution in [2.45, 2.75) is 0 Å². The molecule has 0 radical (unpaired) electrons. The fourth-order valence-electron chi connectivity index (χ4n) is 7.36. The molecule has 0 saturated carbocycles. The Hall–Kier alpha value is -6.06. The zero-order chi connectivity index (χ0) is 29.5. The van der Waals surface area contributed by atoms with Crippen molar-refractivity contribution in [1.82, 2.24) is 9.13 Å². The minimum Gasteiger partial charge on any atom is -0.456 e. The van der Waals surface area contributed by atoms with Gasteiger partial charge in [-0.25, -0.2) is 0 Å². The SMILES string of the molecule is c1ccc(-n2c3ccccc3c3c(-n4c5ccccc5c5cc(-c6ccc7oc8ccccc8c7c6)ccc54)cccc32)cc1. The maximum atomic E-state index is 6.11. The molecule has 0 aliphatic heterocycles. The van der Waals surface area contributed by atoms with E-state index in [1.54, 1.807) is 0 Å². The van der Waals surface area contributed by atoms with Gasteiger partial charge in [-0.1, -0.05) is 91.0 Å². The molecule has 0 saturated heterocycles. The van der Waals surface area contributed by atoms with Crippen molar-refractivity contribution in [2.75, 3.05) is 0 Å². The Morgan fingerprint density at radius 2 is 0.956 bits per heavy atom. The van der Waals surface area contributed by atoms with Crippen molar-refractivity contribution < 1.29 is 4.42 Å². The Kier molecular flexibility index (Phi) is 5.00. The number of nitrogens with zero attached hydrogens (tertiary/aromatic N) is 2. The van der Waals surface area contributed by atoms with E-state index in [9.17, 15) is 0 Å². The maximum absolute atomic E-state index is 6.11. The molecule has 0 amide bonds. The molecular formula is C42H26N2O. The first-order valence-corrected chi connectivity index (χ1v) is 15.4. The molecule has 0 N–H and O–H groups in total. The lowest BCUT2D eigenvalue weighted by molar-refractivity contribution is 0.669. The number of aromatic nitrogens is 2. The summed E-state index contributed by atoms with van der Waals surface area (Å²) in [5, 5.41) is 7.27. The van der Waals surface area contributed by atoms with Gasteiger partial charge in [0, 0.05) is 38.0 Å². The Morgan fingerprint density at radius 3 is 1.80 bits per heavy atom. The highest BCUT2D eigenvalue weighted by Crippen LogP contribution is 2.41. The van der Waals surface area contributed by atoms with Crippen molar-refractivity contribution in [3.05, 3.63) is 158 Å². The third kappa shape index (κ3) is 3.46. The molecule has 0 bridgehead atoms. The molecule has 0 spiro atoms. The van der Waals surface area contributed by atoms with Crippen LogP contribution in [0.5, 0.6) is 0 Å². The van der Waals surface area contributed by atoms with E-state index in [-0.39, 0.29) is 0 Å². The van der Waals surface area contributed by atoms with Crippen molar-refractivity contribution >= 4 is 65.6 Å². The van der Waals surface area contributed by atoms with Gasteiger partial charge in [-0.05, 0) is 77.9 Å². The van der Waals surface area contributed by atoms with Crippen LogP contribution in [0, 0.1) is 0 Å². The summed E-state index contributed by atoms with van der Waals surface area (Å²) in [4.78, 5) is 0. The van der Waals surface area contributed by atoms with Gasteiger partial charge in [0.05, 0.1) is 27.8 Å². The van der Waals surface area contributed by atoms with Crippen LogP contribution < -0.4 is 0 Å². The molecule has 3 heteroatoms. The summed E-state index contributed by atoms with van der Waals surface area (Å²) in [6.07, 6.45) is 0. The molecular weight excluding hydrogens is 548 g/mol. The summed E-state index contributed by atoms with van der Waals surface area (Å²) in [6, 6.07) is 56.6. The largest absolute Gasteiger partial charge is 0.456 e. The minimum atomic E-state index is 0.917. The van der Waals surface area contributed by atoms with Crippen LogP contribution in [0.1, 0.15) is 0 Å². The third-order valence-electron chi connectivity index (χ3n) is 9.31. The summed E-state index contributed by atoms with van der Waals surface area (Å²) in [5.74, 6) is 0. The number of fused-ring (bicyclic) bond motifs is 9. The molecule has 7 aromatic carbocycles. The molecule has 0 fully saturated rings. The Labute approximate surface area is 258 Å². The van der Waals surface area contributed by atoms with E-state index in [0.717, 1.165) is 27.6 Å². The van der Waals surface area contributed by atoms with E-state index < -0.39 is 0 Å². The lowest BCUT2D eigenvalue weighted by Crippen LogP contribution is -1.96. The fraction of sp³-hybridized carbons (Fsp3) is 0. The lowest BCUT2D eigenvalue weighted by Gasteiger charge is -2.12. The molecule has 210 valence electrons. The van der Waals surface area contributed by atoms with Gasteiger partial charge < -0.3 is 13.6 Å². The second-order valence-corrected chi connectivity index (χ2v) is 11.8. The van der Waals surface area contributed by atoms with Gasteiger partial charge in [-0.15, -0.1) is 0 Å². The highest BCUT2D eigenvalue weighted by atomic mass is 16.3. The van der Waals surface area contributed by atoms with E-state index in [4.69, 9.17) is 4.42 Å². The lowest BCUT2D eigenvalue weighted by atomic mass is 10.0. The molecule has 3 aromatic heterocycles. The average Bonchev–Trinajstić information content (AvgIpc) is 3.76. The van der Waals surface area contributed by atoms with Crippen LogP contribution in [0.15, 0.2) is 162 Å².